The highest BCUT2D eigenvalue weighted by Crippen LogP contribution is 2.25. The SMILES string of the molecule is CCC(NC(=O)c1ccccc1[N+](=O)[O-])c1c(C)nn(C)c1C. The van der Waals surface area contributed by atoms with Crippen LogP contribution in [0.2, 0.25) is 0 Å². The first-order valence-electron chi connectivity index (χ1n) is 7.41. The van der Waals surface area contributed by atoms with E-state index in [0.717, 1.165) is 17.0 Å². The molecule has 1 N–H and O–H groups in total. The molecule has 1 unspecified atom stereocenters. The third-order valence-electron chi connectivity index (χ3n) is 3.97. The number of nitro benzene ring substituents is 1. The number of amides is 1. The second-order valence-corrected chi connectivity index (χ2v) is 5.42. The zero-order valence-corrected chi connectivity index (χ0v) is 13.7. The molecular weight excluding hydrogens is 296 g/mol. The van der Waals surface area contributed by atoms with E-state index in [9.17, 15) is 14.9 Å². The molecule has 122 valence electrons. The first kappa shape index (κ1) is 16.7. The number of carbonyl (C=O) groups excluding carboxylic acids is 1. The second kappa shape index (κ2) is 6.60. The first-order chi connectivity index (χ1) is 10.9. The second-order valence-electron chi connectivity index (χ2n) is 5.42. The van der Waals surface area contributed by atoms with Gasteiger partial charge in [-0.15, -0.1) is 0 Å². The van der Waals surface area contributed by atoms with Crippen LogP contribution >= 0.6 is 0 Å². The smallest absolute Gasteiger partial charge is 0.282 e. The number of rotatable bonds is 5. The molecule has 23 heavy (non-hydrogen) atoms. The van der Waals surface area contributed by atoms with Crippen LogP contribution in [0.25, 0.3) is 0 Å². The van der Waals surface area contributed by atoms with Gasteiger partial charge < -0.3 is 5.32 Å². The number of para-hydroxylation sites is 1. The van der Waals surface area contributed by atoms with Gasteiger partial charge in [0.1, 0.15) is 5.56 Å². The molecule has 0 aliphatic rings. The Morgan fingerprint density at radius 1 is 1.39 bits per heavy atom. The number of carbonyl (C=O) groups is 1. The average molecular weight is 316 g/mol. The largest absolute Gasteiger partial charge is 0.345 e. The van der Waals surface area contributed by atoms with Crippen molar-refractivity contribution in [2.45, 2.75) is 33.2 Å². The predicted octanol–water partition coefficient (Wildman–Crippen LogP) is 2.83. The summed E-state index contributed by atoms with van der Waals surface area (Å²) in [5.41, 5.74) is 2.65. The molecule has 0 fully saturated rings. The van der Waals surface area contributed by atoms with E-state index in [1.54, 1.807) is 16.8 Å². The standard InChI is InChI=1S/C16H20N4O3/c1-5-13(15-10(2)18-19(4)11(15)3)17-16(21)12-8-6-7-9-14(12)20(22)23/h6-9,13H,5H2,1-4H3,(H,17,21). The van der Waals surface area contributed by atoms with Gasteiger partial charge in [0.05, 0.1) is 16.7 Å². The number of nitro groups is 1. The minimum Gasteiger partial charge on any atom is -0.345 e. The van der Waals surface area contributed by atoms with Crippen LogP contribution in [0, 0.1) is 24.0 Å². The summed E-state index contributed by atoms with van der Waals surface area (Å²) < 4.78 is 1.77. The number of nitrogens with one attached hydrogen (secondary N) is 1. The Morgan fingerprint density at radius 3 is 2.57 bits per heavy atom. The van der Waals surface area contributed by atoms with Gasteiger partial charge in [0, 0.05) is 24.4 Å². The third kappa shape index (κ3) is 3.23. The quantitative estimate of drug-likeness (QED) is 0.678. The lowest BCUT2D eigenvalue weighted by atomic mass is 10.0. The fourth-order valence-corrected chi connectivity index (χ4v) is 2.73. The summed E-state index contributed by atoms with van der Waals surface area (Å²) in [5, 5.41) is 18.3. The van der Waals surface area contributed by atoms with Gasteiger partial charge in [0.25, 0.3) is 11.6 Å². The molecule has 7 nitrogen and oxygen atoms in total. The van der Waals surface area contributed by atoms with E-state index in [-0.39, 0.29) is 17.3 Å². The van der Waals surface area contributed by atoms with E-state index in [1.807, 2.05) is 27.8 Å². The number of aryl methyl sites for hydroxylation is 2. The van der Waals surface area contributed by atoms with E-state index >= 15 is 0 Å². The number of hydrogen-bond donors (Lipinski definition) is 1. The van der Waals surface area contributed by atoms with E-state index < -0.39 is 10.8 Å². The molecule has 0 radical (unpaired) electrons. The van der Waals surface area contributed by atoms with Crippen LogP contribution in [0.4, 0.5) is 5.69 Å². The molecule has 0 bridgehead atoms. The zero-order valence-electron chi connectivity index (χ0n) is 13.7. The molecule has 0 aliphatic carbocycles. The number of aromatic nitrogens is 2. The summed E-state index contributed by atoms with van der Waals surface area (Å²) in [4.78, 5) is 23.0. The van der Waals surface area contributed by atoms with Gasteiger partial charge in [0.2, 0.25) is 0 Å². The van der Waals surface area contributed by atoms with Crippen molar-refractivity contribution in [1.82, 2.24) is 15.1 Å². The van der Waals surface area contributed by atoms with Crippen molar-refractivity contribution in [2.24, 2.45) is 7.05 Å². The maximum absolute atomic E-state index is 12.5. The van der Waals surface area contributed by atoms with Crippen LogP contribution in [-0.4, -0.2) is 20.6 Å². The maximum Gasteiger partial charge on any atom is 0.282 e. The number of hydrogen-bond acceptors (Lipinski definition) is 4. The maximum atomic E-state index is 12.5. The van der Waals surface area contributed by atoms with Crippen LogP contribution in [0.5, 0.6) is 0 Å². The normalized spacial score (nSPS) is 12.0. The van der Waals surface area contributed by atoms with Crippen LogP contribution in [0.15, 0.2) is 24.3 Å². The molecule has 2 rings (SSSR count). The predicted molar refractivity (Wildman–Crippen MR) is 86.3 cm³/mol. The Hall–Kier alpha value is -2.70. The molecule has 0 spiro atoms. The van der Waals surface area contributed by atoms with Crippen molar-refractivity contribution in [2.75, 3.05) is 0 Å². The monoisotopic (exact) mass is 316 g/mol. The summed E-state index contributed by atoms with van der Waals surface area (Å²) in [6, 6.07) is 5.71. The fourth-order valence-electron chi connectivity index (χ4n) is 2.73. The Labute approximate surface area is 134 Å². The molecule has 1 heterocycles. The topological polar surface area (TPSA) is 90.1 Å². The van der Waals surface area contributed by atoms with Gasteiger partial charge in [-0.3, -0.25) is 19.6 Å². The van der Waals surface area contributed by atoms with Crippen molar-refractivity contribution < 1.29 is 9.72 Å². The van der Waals surface area contributed by atoms with Crippen molar-refractivity contribution >= 4 is 11.6 Å². The van der Waals surface area contributed by atoms with Crippen LogP contribution in [0.1, 0.15) is 46.7 Å². The lowest BCUT2D eigenvalue weighted by Gasteiger charge is -2.18. The number of benzene rings is 1. The van der Waals surface area contributed by atoms with E-state index in [4.69, 9.17) is 0 Å². The van der Waals surface area contributed by atoms with E-state index in [0.29, 0.717) is 6.42 Å². The van der Waals surface area contributed by atoms with E-state index in [2.05, 4.69) is 10.4 Å². The van der Waals surface area contributed by atoms with Gasteiger partial charge >= 0.3 is 0 Å². The minimum absolute atomic E-state index is 0.0650. The van der Waals surface area contributed by atoms with Crippen LogP contribution in [-0.2, 0) is 7.05 Å². The average Bonchev–Trinajstić information content (AvgIpc) is 2.77. The van der Waals surface area contributed by atoms with Gasteiger partial charge in [-0.1, -0.05) is 19.1 Å². The summed E-state index contributed by atoms with van der Waals surface area (Å²) >= 11 is 0. The van der Waals surface area contributed by atoms with Gasteiger partial charge in [-0.25, -0.2) is 0 Å². The summed E-state index contributed by atoms with van der Waals surface area (Å²) in [7, 11) is 1.85. The summed E-state index contributed by atoms with van der Waals surface area (Å²) in [6.45, 7) is 5.79. The lowest BCUT2D eigenvalue weighted by Crippen LogP contribution is -2.29. The van der Waals surface area contributed by atoms with Crippen LogP contribution in [0.3, 0.4) is 0 Å². The van der Waals surface area contributed by atoms with Gasteiger partial charge in [-0.2, -0.15) is 5.10 Å². The summed E-state index contributed by atoms with van der Waals surface area (Å²) in [6.07, 6.45) is 0.666. The van der Waals surface area contributed by atoms with E-state index in [1.165, 1.54) is 12.1 Å². The Bertz CT molecular complexity index is 752. The molecular formula is C16H20N4O3. The Kier molecular flexibility index (Phi) is 4.78. The molecule has 7 heteroatoms. The third-order valence-corrected chi connectivity index (χ3v) is 3.97. The molecule has 1 atom stereocenters. The van der Waals surface area contributed by atoms with Crippen LogP contribution < -0.4 is 5.32 Å². The first-order valence-corrected chi connectivity index (χ1v) is 7.41. The molecule has 2 aromatic rings. The fraction of sp³-hybridized carbons (Fsp3) is 0.375. The molecule has 1 amide bonds. The zero-order chi connectivity index (χ0) is 17.1. The van der Waals surface area contributed by atoms with Crippen molar-refractivity contribution in [1.29, 1.82) is 0 Å². The molecule has 0 saturated heterocycles. The van der Waals surface area contributed by atoms with Crippen molar-refractivity contribution in [3.05, 3.63) is 56.9 Å². The lowest BCUT2D eigenvalue weighted by molar-refractivity contribution is -0.385. The highest BCUT2D eigenvalue weighted by atomic mass is 16.6. The Balaban J connectivity index is 2.33. The molecule has 0 aliphatic heterocycles. The molecule has 0 saturated carbocycles. The van der Waals surface area contributed by atoms with Crippen molar-refractivity contribution in [3.63, 3.8) is 0 Å². The summed E-state index contributed by atoms with van der Waals surface area (Å²) in [5.74, 6) is -0.452. The highest BCUT2D eigenvalue weighted by Gasteiger charge is 2.24. The minimum atomic E-state index is -0.545. The molecule has 1 aromatic carbocycles. The number of nitrogens with zero attached hydrogens (tertiary/aromatic N) is 3. The highest BCUT2D eigenvalue weighted by molar-refractivity contribution is 5.98. The Morgan fingerprint density at radius 2 is 2.04 bits per heavy atom. The van der Waals surface area contributed by atoms with Gasteiger partial charge in [-0.05, 0) is 26.3 Å². The van der Waals surface area contributed by atoms with Crippen molar-refractivity contribution in [3.8, 4) is 0 Å². The van der Waals surface area contributed by atoms with Gasteiger partial charge in [0.15, 0.2) is 0 Å². The molecule has 1 aromatic heterocycles.